The molecule has 0 bridgehead atoms. The van der Waals surface area contributed by atoms with E-state index in [2.05, 4.69) is 19.2 Å². The Morgan fingerprint density at radius 2 is 0.896 bits per heavy atom. The van der Waals surface area contributed by atoms with Gasteiger partial charge in [0.2, 0.25) is 0 Å². The molecule has 0 fully saturated rings. The summed E-state index contributed by atoms with van der Waals surface area (Å²) in [5, 5.41) is 2.76. The molecule has 8 heteroatoms. The SMILES string of the molecule is CCCCCCCCCCCCCCOC[C@H](COC(=O)NCCOCCCOCCOC)OCCCCCCCCCCCCCC. The van der Waals surface area contributed by atoms with E-state index in [1.54, 1.807) is 7.11 Å². The van der Waals surface area contributed by atoms with E-state index in [0.717, 1.165) is 25.9 Å². The molecule has 0 aliphatic heterocycles. The summed E-state index contributed by atoms with van der Waals surface area (Å²) in [6, 6.07) is 0. The average molecular weight is 688 g/mol. The predicted octanol–water partition coefficient (Wildman–Crippen LogP) is 10.6. The van der Waals surface area contributed by atoms with E-state index in [0.29, 0.717) is 52.8 Å². The minimum absolute atomic E-state index is 0.197. The second-order valence-electron chi connectivity index (χ2n) is 13.4. The summed E-state index contributed by atoms with van der Waals surface area (Å²) >= 11 is 0. The van der Waals surface area contributed by atoms with Gasteiger partial charge in [-0.05, 0) is 19.3 Å². The number of carbonyl (C=O) groups is 1. The molecule has 288 valence electrons. The van der Waals surface area contributed by atoms with Crippen LogP contribution in [0, 0.1) is 0 Å². The third-order valence-corrected chi connectivity index (χ3v) is 8.72. The zero-order valence-corrected chi connectivity index (χ0v) is 32.2. The Morgan fingerprint density at radius 3 is 1.40 bits per heavy atom. The fraction of sp³-hybridized carbons (Fsp3) is 0.975. The van der Waals surface area contributed by atoms with Gasteiger partial charge in [0.15, 0.2) is 0 Å². The Bertz CT molecular complexity index is 610. The van der Waals surface area contributed by atoms with E-state index in [9.17, 15) is 4.79 Å². The number of carbonyl (C=O) groups excluding carboxylic acids is 1. The Morgan fingerprint density at radius 1 is 0.458 bits per heavy atom. The summed E-state index contributed by atoms with van der Waals surface area (Å²) < 4.78 is 33.5. The zero-order chi connectivity index (χ0) is 34.9. The van der Waals surface area contributed by atoms with Crippen LogP contribution in [0.1, 0.15) is 174 Å². The van der Waals surface area contributed by atoms with E-state index in [-0.39, 0.29) is 12.7 Å². The van der Waals surface area contributed by atoms with Crippen LogP contribution in [0.4, 0.5) is 4.79 Å². The van der Waals surface area contributed by atoms with Gasteiger partial charge < -0.3 is 33.7 Å². The lowest BCUT2D eigenvalue weighted by Gasteiger charge is -2.18. The number of rotatable bonds is 41. The van der Waals surface area contributed by atoms with Gasteiger partial charge in [-0.3, -0.25) is 0 Å². The summed E-state index contributed by atoms with van der Waals surface area (Å²) in [4.78, 5) is 12.3. The number of methoxy groups -OCH3 is 1. The lowest BCUT2D eigenvalue weighted by molar-refractivity contribution is -0.0469. The highest BCUT2D eigenvalue weighted by molar-refractivity contribution is 5.67. The molecule has 8 nitrogen and oxygen atoms in total. The molecule has 0 aliphatic carbocycles. The first kappa shape index (κ1) is 47.1. The Balaban J connectivity index is 4.05. The van der Waals surface area contributed by atoms with Crippen LogP contribution < -0.4 is 5.32 Å². The van der Waals surface area contributed by atoms with Gasteiger partial charge in [-0.2, -0.15) is 0 Å². The van der Waals surface area contributed by atoms with Gasteiger partial charge in [-0.1, -0.05) is 155 Å². The van der Waals surface area contributed by atoms with Crippen LogP contribution in [-0.2, 0) is 28.4 Å². The van der Waals surface area contributed by atoms with E-state index in [1.165, 1.54) is 141 Å². The van der Waals surface area contributed by atoms with Crippen molar-refractivity contribution < 1.29 is 33.2 Å². The molecule has 0 rings (SSSR count). The molecule has 0 saturated heterocycles. The molecule has 48 heavy (non-hydrogen) atoms. The lowest BCUT2D eigenvalue weighted by Crippen LogP contribution is -2.33. The first-order chi connectivity index (χ1) is 23.7. The molecule has 0 saturated carbocycles. The van der Waals surface area contributed by atoms with E-state index in [1.807, 2.05) is 0 Å². The molecule has 0 spiro atoms. The van der Waals surface area contributed by atoms with Crippen LogP contribution in [0.15, 0.2) is 0 Å². The van der Waals surface area contributed by atoms with Gasteiger partial charge in [0.1, 0.15) is 12.7 Å². The predicted molar refractivity (Wildman–Crippen MR) is 200 cm³/mol. The molecule has 1 N–H and O–H groups in total. The van der Waals surface area contributed by atoms with E-state index >= 15 is 0 Å². The molecule has 0 aliphatic rings. The zero-order valence-electron chi connectivity index (χ0n) is 32.2. The van der Waals surface area contributed by atoms with E-state index < -0.39 is 6.09 Å². The molecule has 0 aromatic rings. The third kappa shape index (κ3) is 39.5. The van der Waals surface area contributed by atoms with Crippen molar-refractivity contribution in [1.29, 1.82) is 0 Å². The fourth-order valence-corrected chi connectivity index (χ4v) is 5.65. The highest BCUT2D eigenvalue weighted by Crippen LogP contribution is 2.13. The first-order valence-corrected chi connectivity index (χ1v) is 20.5. The summed E-state index contributed by atoms with van der Waals surface area (Å²) in [5.74, 6) is 0. The smallest absolute Gasteiger partial charge is 0.407 e. The van der Waals surface area contributed by atoms with Crippen molar-refractivity contribution in [3.8, 4) is 0 Å². The van der Waals surface area contributed by atoms with Gasteiger partial charge in [-0.15, -0.1) is 0 Å². The van der Waals surface area contributed by atoms with Crippen molar-refractivity contribution in [2.75, 3.05) is 73.1 Å². The van der Waals surface area contributed by atoms with Gasteiger partial charge in [-0.25, -0.2) is 4.79 Å². The normalized spacial score (nSPS) is 12.1. The van der Waals surface area contributed by atoms with Crippen LogP contribution in [-0.4, -0.2) is 85.3 Å². The molecule has 0 heterocycles. The van der Waals surface area contributed by atoms with Crippen molar-refractivity contribution in [3.63, 3.8) is 0 Å². The molecular formula is C40H81NO7. The van der Waals surface area contributed by atoms with Gasteiger partial charge in [0.05, 0.1) is 26.4 Å². The second-order valence-corrected chi connectivity index (χ2v) is 13.4. The van der Waals surface area contributed by atoms with Crippen molar-refractivity contribution in [1.82, 2.24) is 5.32 Å². The number of hydrogen-bond donors (Lipinski definition) is 1. The van der Waals surface area contributed by atoms with E-state index in [4.69, 9.17) is 28.4 Å². The quantitative estimate of drug-likeness (QED) is 0.0640. The number of alkyl carbamates (subject to hydrolysis) is 1. The summed E-state index contributed by atoms with van der Waals surface area (Å²) in [5.41, 5.74) is 0. The number of ether oxygens (including phenoxy) is 6. The van der Waals surface area contributed by atoms with Gasteiger partial charge >= 0.3 is 6.09 Å². The molecule has 0 unspecified atom stereocenters. The average Bonchev–Trinajstić information content (AvgIpc) is 3.09. The molecule has 1 amide bonds. The Hall–Kier alpha value is -0.930. The topological polar surface area (TPSA) is 84.5 Å². The standard InChI is InChI=1S/C40H81NO7/c1-4-6-8-10-12-14-16-18-20-22-24-26-30-46-37-39(47-33-27-25-23-21-19-17-15-13-11-9-7-5-2)38-48-40(42)41-29-34-44-31-28-32-45-36-35-43-3/h39H,4-38H2,1-3H3,(H,41,42)/t39-/m1/s1. The van der Waals surface area contributed by atoms with Crippen molar-refractivity contribution >= 4 is 6.09 Å². The van der Waals surface area contributed by atoms with Crippen LogP contribution >= 0.6 is 0 Å². The van der Waals surface area contributed by atoms with Crippen molar-refractivity contribution in [3.05, 3.63) is 0 Å². The minimum atomic E-state index is -0.443. The molecular weight excluding hydrogens is 606 g/mol. The monoisotopic (exact) mass is 688 g/mol. The Labute approximate surface area is 297 Å². The maximum Gasteiger partial charge on any atom is 0.407 e. The van der Waals surface area contributed by atoms with Crippen LogP contribution in [0.2, 0.25) is 0 Å². The fourth-order valence-electron chi connectivity index (χ4n) is 5.65. The van der Waals surface area contributed by atoms with Crippen LogP contribution in [0.25, 0.3) is 0 Å². The lowest BCUT2D eigenvalue weighted by atomic mass is 10.1. The van der Waals surface area contributed by atoms with Crippen molar-refractivity contribution in [2.45, 2.75) is 180 Å². The third-order valence-electron chi connectivity index (χ3n) is 8.72. The summed E-state index contributed by atoms with van der Waals surface area (Å²) in [6.45, 7) is 9.89. The number of unbranched alkanes of at least 4 members (excludes halogenated alkanes) is 22. The first-order valence-electron chi connectivity index (χ1n) is 20.5. The number of amides is 1. The number of nitrogens with one attached hydrogen (secondary N) is 1. The van der Waals surface area contributed by atoms with Crippen LogP contribution in [0.5, 0.6) is 0 Å². The van der Waals surface area contributed by atoms with Gasteiger partial charge in [0.25, 0.3) is 0 Å². The maximum absolute atomic E-state index is 12.3. The van der Waals surface area contributed by atoms with Gasteiger partial charge in [0, 0.05) is 40.1 Å². The highest BCUT2D eigenvalue weighted by atomic mass is 16.6. The largest absolute Gasteiger partial charge is 0.447 e. The second kappa shape index (κ2) is 42.2. The number of hydrogen-bond acceptors (Lipinski definition) is 7. The summed E-state index contributed by atoms with van der Waals surface area (Å²) in [7, 11) is 1.66. The maximum atomic E-state index is 12.3. The molecule has 0 aromatic heterocycles. The molecule has 0 aromatic carbocycles. The Kier molecular flexibility index (Phi) is 41.4. The van der Waals surface area contributed by atoms with Crippen molar-refractivity contribution in [2.24, 2.45) is 0 Å². The molecule has 1 atom stereocenters. The summed E-state index contributed by atoms with van der Waals surface area (Å²) in [6.07, 6.45) is 31.9. The minimum Gasteiger partial charge on any atom is -0.447 e. The van der Waals surface area contributed by atoms with Crippen LogP contribution in [0.3, 0.4) is 0 Å². The molecule has 0 radical (unpaired) electrons. The highest BCUT2D eigenvalue weighted by Gasteiger charge is 2.13.